The molecule has 2 fully saturated rings. The summed E-state index contributed by atoms with van der Waals surface area (Å²) >= 11 is 0. The van der Waals surface area contributed by atoms with Crippen molar-refractivity contribution in [3.63, 3.8) is 0 Å². The van der Waals surface area contributed by atoms with E-state index in [0.29, 0.717) is 6.04 Å². The Bertz CT molecular complexity index is 511. The molecular formula is C22H36N2O2. The molecule has 0 amide bonds. The van der Waals surface area contributed by atoms with Gasteiger partial charge in [-0.2, -0.15) is 0 Å². The van der Waals surface area contributed by atoms with Crippen LogP contribution in [0.1, 0.15) is 51.0 Å². The number of nitrogens with one attached hydrogen (secondary N) is 1. The summed E-state index contributed by atoms with van der Waals surface area (Å²) in [6.45, 7) is 8.67. The number of hydrogen-bond donors (Lipinski definition) is 1. The van der Waals surface area contributed by atoms with E-state index in [1.807, 2.05) is 0 Å². The first kappa shape index (κ1) is 19.7. The molecule has 2 aliphatic rings. The van der Waals surface area contributed by atoms with Crippen molar-refractivity contribution in [2.45, 2.75) is 58.0 Å². The Labute approximate surface area is 159 Å². The minimum absolute atomic E-state index is 0.569. The van der Waals surface area contributed by atoms with Gasteiger partial charge in [-0.1, -0.05) is 50.3 Å². The van der Waals surface area contributed by atoms with Gasteiger partial charge in [-0.25, -0.2) is 0 Å². The van der Waals surface area contributed by atoms with E-state index in [0.717, 1.165) is 57.7 Å². The molecule has 0 bridgehead atoms. The molecule has 0 radical (unpaired) electrons. The van der Waals surface area contributed by atoms with Crippen LogP contribution in [-0.4, -0.2) is 50.4 Å². The van der Waals surface area contributed by atoms with Crippen molar-refractivity contribution < 1.29 is 9.47 Å². The number of nitrogens with zero attached hydrogens (tertiary/aromatic N) is 1. The summed E-state index contributed by atoms with van der Waals surface area (Å²) in [6, 6.07) is 9.03. The van der Waals surface area contributed by atoms with E-state index in [1.165, 1.54) is 44.1 Å². The van der Waals surface area contributed by atoms with Crippen LogP contribution in [-0.2, 0) is 11.3 Å². The van der Waals surface area contributed by atoms with Gasteiger partial charge in [0.25, 0.3) is 0 Å². The molecule has 3 rings (SSSR count). The molecule has 26 heavy (non-hydrogen) atoms. The average Bonchev–Trinajstić information content (AvgIpc) is 2.69. The molecule has 4 nitrogen and oxygen atoms in total. The lowest BCUT2D eigenvalue weighted by molar-refractivity contribution is 0.0322. The van der Waals surface area contributed by atoms with Gasteiger partial charge in [0.1, 0.15) is 12.4 Å². The van der Waals surface area contributed by atoms with Crippen LogP contribution in [0.3, 0.4) is 0 Å². The SMILES string of the molecule is CC(CC1CCCCC1)NCc1ccccc1OCCN1CCOCC1. The van der Waals surface area contributed by atoms with Gasteiger partial charge in [0.05, 0.1) is 13.2 Å². The van der Waals surface area contributed by atoms with Crippen LogP contribution >= 0.6 is 0 Å². The highest BCUT2D eigenvalue weighted by molar-refractivity contribution is 5.33. The van der Waals surface area contributed by atoms with Crippen molar-refractivity contribution in [1.82, 2.24) is 10.2 Å². The molecule has 146 valence electrons. The van der Waals surface area contributed by atoms with Crippen LogP contribution < -0.4 is 10.1 Å². The third-order valence-corrected chi connectivity index (χ3v) is 5.79. The van der Waals surface area contributed by atoms with E-state index >= 15 is 0 Å². The molecule has 1 atom stereocenters. The number of para-hydroxylation sites is 1. The number of ether oxygens (including phenoxy) is 2. The Kier molecular flexibility index (Phi) is 8.24. The molecule has 0 aromatic heterocycles. The average molecular weight is 361 g/mol. The van der Waals surface area contributed by atoms with Crippen molar-refractivity contribution in [2.24, 2.45) is 5.92 Å². The topological polar surface area (TPSA) is 33.7 Å². The van der Waals surface area contributed by atoms with E-state index in [-0.39, 0.29) is 0 Å². The third-order valence-electron chi connectivity index (χ3n) is 5.79. The number of morpholine rings is 1. The van der Waals surface area contributed by atoms with Gasteiger partial charge in [0.2, 0.25) is 0 Å². The lowest BCUT2D eigenvalue weighted by atomic mass is 9.85. The fourth-order valence-corrected chi connectivity index (χ4v) is 4.19. The Morgan fingerprint density at radius 1 is 1.15 bits per heavy atom. The fourth-order valence-electron chi connectivity index (χ4n) is 4.19. The van der Waals surface area contributed by atoms with Crippen LogP contribution in [0.25, 0.3) is 0 Å². The lowest BCUT2D eigenvalue weighted by Crippen LogP contribution is -2.38. The molecule has 1 unspecified atom stereocenters. The summed E-state index contributed by atoms with van der Waals surface area (Å²) in [5.74, 6) is 1.95. The van der Waals surface area contributed by atoms with E-state index in [4.69, 9.17) is 9.47 Å². The summed E-state index contributed by atoms with van der Waals surface area (Å²) < 4.78 is 11.5. The molecule has 1 heterocycles. The molecule has 1 aliphatic carbocycles. The van der Waals surface area contributed by atoms with Gasteiger partial charge in [-0.3, -0.25) is 4.90 Å². The molecule has 0 spiro atoms. The summed E-state index contributed by atoms with van der Waals surface area (Å²) in [4.78, 5) is 2.41. The minimum Gasteiger partial charge on any atom is -0.492 e. The summed E-state index contributed by atoms with van der Waals surface area (Å²) in [7, 11) is 0. The molecule has 1 aliphatic heterocycles. The monoisotopic (exact) mass is 360 g/mol. The first-order valence-electron chi connectivity index (χ1n) is 10.6. The standard InChI is InChI=1S/C22H36N2O2/c1-19(17-20-7-3-2-4-8-20)23-18-21-9-5-6-10-22(21)26-16-13-24-11-14-25-15-12-24/h5-6,9-10,19-20,23H,2-4,7-8,11-18H2,1H3. The van der Waals surface area contributed by atoms with Crippen molar-refractivity contribution in [3.05, 3.63) is 29.8 Å². The fraction of sp³-hybridized carbons (Fsp3) is 0.727. The van der Waals surface area contributed by atoms with Crippen LogP contribution in [0.4, 0.5) is 0 Å². The zero-order valence-corrected chi connectivity index (χ0v) is 16.4. The number of benzene rings is 1. The molecule has 1 N–H and O–H groups in total. The summed E-state index contributed by atoms with van der Waals surface area (Å²) in [6.07, 6.45) is 8.45. The quantitative estimate of drug-likeness (QED) is 0.725. The van der Waals surface area contributed by atoms with E-state index in [9.17, 15) is 0 Å². The van der Waals surface area contributed by atoms with Crippen LogP contribution in [0.2, 0.25) is 0 Å². The first-order chi connectivity index (χ1) is 12.8. The van der Waals surface area contributed by atoms with E-state index < -0.39 is 0 Å². The normalized spacial score (nSPS) is 20.8. The summed E-state index contributed by atoms with van der Waals surface area (Å²) in [5.41, 5.74) is 1.27. The lowest BCUT2D eigenvalue weighted by Gasteiger charge is -2.27. The largest absolute Gasteiger partial charge is 0.492 e. The molecule has 1 aromatic rings. The second kappa shape index (κ2) is 10.9. The Balaban J connectivity index is 1.41. The maximum absolute atomic E-state index is 6.10. The van der Waals surface area contributed by atoms with Crippen molar-refractivity contribution >= 4 is 0 Å². The van der Waals surface area contributed by atoms with Gasteiger partial charge in [-0.05, 0) is 25.3 Å². The second-order valence-electron chi connectivity index (χ2n) is 7.93. The Morgan fingerprint density at radius 3 is 2.73 bits per heavy atom. The van der Waals surface area contributed by atoms with Gasteiger partial charge in [-0.15, -0.1) is 0 Å². The number of hydrogen-bond acceptors (Lipinski definition) is 4. The molecule has 1 saturated carbocycles. The number of rotatable bonds is 9. The maximum Gasteiger partial charge on any atom is 0.123 e. The Morgan fingerprint density at radius 2 is 1.92 bits per heavy atom. The van der Waals surface area contributed by atoms with Gasteiger partial charge >= 0.3 is 0 Å². The second-order valence-corrected chi connectivity index (χ2v) is 7.93. The van der Waals surface area contributed by atoms with Crippen molar-refractivity contribution in [1.29, 1.82) is 0 Å². The zero-order chi connectivity index (χ0) is 18.0. The Hall–Kier alpha value is -1.10. The molecule has 1 aromatic carbocycles. The highest BCUT2D eigenvalue weighted by Gasteiger charge is 2.16. The van der Waals surface area contributed by atoms with Crippen LogP contribution in [0.15, 0.2) is 24.3 Å². The highest BCUT2D eigenvalue weighted by atomic mass is 16.5. The predicted octanol–water partition coefficient (Wildman–Crippen LogP) is 3.85. The summed E-state index contributed by atoms with van der Waals surface area (Å²) in [5, 5.41) is 3.72. The van der Waals surface area contributed by atoms with Gasteiger partial charge < -0.3 is 14.8 Å². The first-order valence-corrected chi connectivity index (χ1v) is 10.6. The van der Waals surface area contributed by atoms with E-state index in [2.05, 4.69) is 41.4 Å². The predicted molar refractivity (Wildman–Crippen MR) is 107 cm³/mol. The zero-order valence-electron chi connectivity index (χ0n) is 16.4. The highest BCUT2D eigenvalue weighted by Crippen LogP contribution is 2.27. The van der Waals surface area contributed by atoms with Crippen LogP contribution in [0.5, 0.6) is 5.75 Å². The van der Waals surface area contributed by atoms with Gasteiger partial charge in [0, 0.05) is 37.8 Å². The molecular weight excluding hydrogens is 324 g/mol. The third kappa shape index (κ3) is 6.57. The van der Waals surface area contributed by atoms with Gasteiger partial charge in [0.15, 0.2) is 0 Å². The van der Waals surface area contributed by atoms with Crippen molar-refractivity contribution in [2.75, 3.05) is 39.5 Å². The smallest absolute Gasteiger partial charge is 0.123 e. The molecule has 1 saturated heterocycles. The van der Waals surface area contributed by atoms with Crippen molar-refractivity contribution in [3.8, 4) is 5.75 Å². The maximum atomic E-state index is 6.10. The minimum atomic E-state index is 0.569. The molecule has 4 heteroatoms. The van der Waals surface area contributed by atoms with Crippen LogP contribution in [0, 0.1) is 5.92 Å². The van der Waals surface area contributed by atoms with E-state index in [1.54, 1.807) is 0 Å².